The number of hydrogen-bond acceptors (Lipinski definition) is 6. The molecule has 3 aliphatic heterocycles. The maximum atomic E-state index is 13.9. The third kappa shape index (κ3) is 6.25. The summed E-state index contributed by atoms with van der Waals surface area (Å²) in [6, 6.07) is 9.41. The molecule has 1 aromatic carbocycles. The Bertz CT molecular complexity index is 1030. The average Bonchev–Trinajstić information content (AvgIpc) is 3.27. The summed E-state index contributed by atoms with van der Waals surface area (Å²) in [5.41, 5.74) is 2.89. The van der Waals surface area contributed by atoms with E-state index in [-0.39, 0.29) is 5.91 Å². The van der Waals surface area contributed by atoms with Gasteiger partial charge in [0.05, 0.1) is 5.56 Å². The lowest BCUT2D eigenvalue weighted by Gasteiger charge is -2.34. The number of para-hydroxylation sites is 1. The quantitative estimate of drug-likeness (QED) is 0.615. The zero-order chi connectivity index (χ0) is 25.8. The van der Waals surface area contributed by atoms with Crippen LogP contribution < -0.4 is 10.2 Å². The van der Waals surface area contributed by atoms with Gasteiger partial charge in [-0.1, -0.05) is 39.0 Å². The van der Waals surface area contributed by atoms with Gasteiger partial charge in [0.1, 0.15) is 0 Å². The number of amides is 1. The highest BCUT2D eigenvalue weighted by atomic mass is 16.2. The van der Waals surface area contributed by atoms with Gasteiger partial charge < -0.3 is 15.1 Å². The monoisotopic (exact) mass is 504 g/mol. The van der Waals surface area contributed by atoms with Gasteiger partial charge in [-0.25, -0.2) is 9.97 Å². The Labute approximate surface area is 222 Å². The van der Waals surface area contributed by atoms with Crippen LogP contribution in [-0.2, 0) is 6.54 Å². The van der Waals surface area contributed by atoms with E-state index in [4.69, 9.17) is 0 Å². The van der Waals surface area contributed by atoms with Crippen molar-refractivity contribution < 1.29 is 4.79 Å². The van der Waals surface area contributed by atoms with Gasteiger partial charge in [-0.15, -0.1) is 0 Å². The summed E-state index contributed by atoms with van der Waals surface area (Å²) >= 11 is 0. The summed E-state index contributed by atoms with van der Waals surface area (Å²) in [5.74, 6) is 2.21. The van der Waals surface area contributed by atoms with Crippen LogP contribution in [0.4, 0.5) is 11.6 Å². The fourth-order valence-electron chi connectivity index (χ4n) is 6.16. The van der Waals surface area contributed by atoms with Crippen LogP contribution in [0.5, 0.6) is 0 Å². The Morgan fingerprint density at radius 2 is 1.76 bits per heavy atom. The summed E-state index contributed by atoms with van der Waals surface area (Å²) in [7, 11) is 0. The number of benzene rings is 1. The molecule has 1 N–H and O–H groups in total. The smallest absolute Gasteiger partial charge is 0.257 e. The molecule has 3 aliphatic rings. The first-order valence-corrected chi connectivity index (χ1v) is 14.4. The van der Waals surface area contributed by atoms with Gasteiger partial charge >= 0.3 is 0 Å². The van der Waals surface area contributed by atoms with Crippen LogP contribution in [0.3, 0.4) is 0 Å². The summed E-state index contributed by atoms with van der Waals surface area (Å²) in [6.45, 7) is 12.3. The van der Waals surface area contributed by atoms with Gasteiger partial charge in [0, 0.05) is 62.9 Å². The summed E-state index contributed by atoms with van der Waals surface area (Å²) in [5, 5.41) is 3.68. The van der Waals surface area contributed by atoms with Crippen molar-refractivity contribution in [2.75, 3.05) is 42.9 Å². The van der Waals surface area contributed by atoms with Crippen molar-refractivity contribution in [3.63, 3.8) is 0 Å². The zero-order valence-electron chi connectivity index (χ0n) is 22.9. The summed E-state index contributed by atoms with van der Waals surface area (Å²) < 4.78 is 0. The molecule has 0 aliphatic carbocycles. The number of anilines is 2. The largest absolute Gasteiger partial charge is 0.385 e. The maximum Gasteiger partial charge on any atom is 0.257 e. The van der Waals surface area contributed by atoms with Gasteiger partial charge in [-0.3, -0.25) is 9.69 Å². The maximum absolute atomic E-state index is 13.9. The number of nitrogens with zero attached hydrogens (tertiary/aromatic N) is 5. The molecule has 0 unspecified atom stereocenters. The molecule has 2 saturated heterocycles. The van der Waals surface area contributed by atoms with Crippen LogP contribution in [0.2, 0.25) is 0 Å². The van der Waals surface area contributed by atoms with E-state index in [1.54, 1.807) is 12.4 Å². The predicted octanol–water partition coefficient (Wildman–Crippen LogP) is 5.05. The molecule has 37 heavy (non-hydrogen) atoms. The number of aromatic nitrogens is 2. The Hall–Kier alpha value is -2.67. The first kappa shape index (κ1) is 26.0. The molecule has 5 rings (SSSR count). The summed E-state index contributed by atoms with van der Waals surface area (Å²) in [4.78, 5) is 30.2. The number of fused-ring (bicyclic) bond motifs is 3. The van der Waals surface area contributed by atoms with E-state index in [2.05, 4.69) is 70.1 Å². The van der Waals surface area contributed by atoms with E-state index >= 15 is 0 Å². The van der Waals surface area contributed by atoms with E-state index < -0.39 is 0 Å². The lowest BCUT2D eigenvalue weighted by atomic mass is 10.00. The summed E-state index contributed by atoms with van der Waals surface area (Å²) in [6.07, 6.45) is 10.5. The van der Waals surface area contributed by atoms with Crippen molar-refractivity contribution in [1.82, 2.24) is 19.8 Å². The van der Waals surface area contributed by atoms with Crippen LogP contribution in [0, 0.1) is 11.8 Å². The molecule has 7 nitrogen and oxygen atoms in total. The van der Waals surface area contributed by atoms with Crippen LogP contribution in [0.1, 0.15) is 75.2 Å². The number of piperidine rings is 1. The number of hydrogen-bond donors (Lipinski definition) is 1. The Morgan fingerprint density at radius 3 is 2.51 bits per heavy atom. The Kier molecular flexibility index (Phi) is 8.28. The third-order valence-electron chi connectivity index (χ3n) is 8.58. The molecular formula is C30H44N6O. The predicted molar refractivity (Wildman–Crippen MR) is 150 cm³/mol. The third-order valence-corrected chi connectivity index (χ3v) is 8.58. The molecule has 0 spiro atoms. The van der Waals surface area contributed by atoms with Crippen LogP contribution in [-0.4, -0.2) is 70.5 Å². The van der Waals surface area contributed by atoms with E-state index in [0.29, 0.717) is 30.1 Å². The van der Waals surface area contributed by atoms with Gasteiger partial charge in [0.25, 0.3) is 5.91 Å². The minimum atomic E-state index is 0.0279. The van der Waals surface area contributed by atoms with E-state index in [1.807, 2.05) is 4.90 Å². The normalized spacial score (nSPS) is 23.5. The number of carbonyl (C=O) groups excluding carboxylic acids is 1. The minimum absolute atomic E-state index is 0.0279. The van der Waals surface area contributed by atoms with Crippen molar-refractivity contribution in [3.8, 4) is 0 Å². The lowest BCUT2D eigenvalue weighted by Crippen LogP contribution is -2.45. The van der Waals surface area contributed by atoms with Crippen LogP contribution in [0.25, 0.3) is 0 Å². The average molecular weight is 505 g/mol. The first-order valence-electron chi connectivity index (χ1n) is 14.4. The molecule has 2 aromatic rings. The number of rotatable bonds is 5. The van der Waals surface area contributed by atoms with E-state index in [0.717, 1.165) is 63.1 Å². The Morgan fingerprint density at radius 1 is 1.03 bits per heavy atom. The van der Waals surface area contributed by atoms with Gasteiger partial charge in [-0.2, -0.15) is 0 Å². The molecule has 0 radical (unpaired) electrons. The van der Waals surface area contributed by atoms with E-state index in [9.17, 15) is 4.79 Å². The van der Waals surface area contributed by atoms with Gasteiger partial charge in [0.2, 0.25) is 5.95 Å². The lowest BCUT2D eigenvalue weighted by molar-refractivity contribution is 0.0665. The standard InChI is InChI=1S/C30H44N6O/c1-22(2)11-17-36-26-8-9-27(36)21-35(20-24-6-4-5-7-28(24)31-14-10-26)29(37)25-18-32-30(33-19-25)34-15-12-23(3)13-16-34/h4-7,18-19,22-23,26-27,31H,8-17,20-21H2,1-3H3/t26-,27+/m1/s1. The first-order chi connectivity index (χ1) is 18.0. The second-order valence-corrected chi connectivity index (χ2v) is 11.8. The molecule has 2 atom stereocenters. The fraction of sp³-hybridized carbons (Fsp3) is 0.633. The van der Waals surface area contributed by atoms with Gasteiger partial charge in [0.15, 0.2) is 0 Å². The van der Waals surface area contributed by atoms with Crippen molar-refractivity contribution in [1.29, 1.82) is 0 Å². The van der Waals surface area contributed by atoms with E-state index in [1.165, 1.54) is 31.2 Å². The van der Waals surface area contributed by atoms with Crippen LogP contribution in [0.15, 0.2) is 36.7 Å². The number of nitrogens with one attached hydrogen (secondary N) is 1. The molecule has 1 amide bonds. The highest BCUT2D eigenvalue weighted by molar-refractivity contribution is 5.93. The Balaban J connectivity index is 1.38. The second kappa shape index (κ2) is 11.8. The van der Waals surface area contributed by atoms with Crippen molar-refractivity contribution in [3.05, 3.63) is 47.8 Å². The van der Waals surface area contributed by atoms with Gasteiger partial charge in [-0.05, 0) is 68.5 Å². The van der Waals surface area contributed by atoms with Crippen LogP contribution >= 0.6 is 0 Å². The molecule has 1 aromatic heterocycles. The SMILES string of the molecule is CC(C)CCN1[C@H]2CCNc3ccccc3CN(C(=O)c3cnc(N4CCC(C)CC4)nc3)C[C@@H]1CC2. The van der Waals surface area contributed by atoms with Crippen molar-refractivity contribution >= 4 is 17.5 Å². The second-order valence-electron chi connectivity index (χ2n) is 11.8. The van der Waals surface area contributed by atoms with Crippen molar-refractivity contribution in [2.45, 2.75) is 77.9 Å². The highest BCUT2D eigenvalue weighted by Gasteiger charge is 2.35. The molecule has 2 fully saturated rings. The molecule has 0 saturated carbocycles. The highest BCUT2D eigenvalue weighted by Crippen LogP contribution is 2.30. The molecule has 2 bridgehead atoms. The zero-order valence-corrected chi connectivity index (χ0v) is 22.9. The number of carbonyl (C=O) groups is 1. The molecular weight excluding hydrogens is 460 g/mol. The van der Waals surface area contributed by atoms with Crippen molar-refractivity contribution in [2.24, 2.45) is 11.8 Å². The minimum Gasteiger partial charge on any atom is -0.385 e. The molecule has 4 heterocycles. The molecule has 7 heteroatoms. The fourth-order valence-corrected chi connectivity index (χ4v) is 6.16. The topological polar surface area (TPSA) is 64.6 Å². The molecule has 200 valence electrons.